The Morgan fingerprint density at radius 2 is 1.55 bits per heavy atom. The number of amides is 2. The van der Waals surface area contributed by atoms with Crippen LogP contribution >= 0.6 is 11.6 Å². The number of hydrogen-bond acceptors (Lipinski definition) is 7. The summed E-state index contributed by atoms with van der Waals surface area (Å²) in [4.78, 5) is 39.1. The molecule has 0 aliphatic rings. The molecule has 3 aromatic carbocycles. The molecule has 0 fully saturated rings. The lowest BCUT2D eigenvalue weighted by atomic mass is 10.0. The summed E-state index contributed by atoms with van der Waals surface area (Å²) >= 11 is 6.19. The largest absolute Gasteiger partial charge is 0.456 e. The summed E-state index contributed by atoms with van der Waals surface area (Å²) in [5, 5.41) is 3.14. The minimum atomic E-state index is -3.83. The molecular weight excluding hydrogens is 604 g/mol. The summed E-state index contributed by atoms with van der Waals surface area (Å²) in [6.45, 7) is 10.7. The lowest BCUT2D eigenvalue weighted by Gasteiger charge is -2.34. The maximum atomic E-state index is 13.4. The minimum absolute atomic E-state index is 0.00867. The van der Waals surface area contributed by atoms with E-state index in [0.29, 0.717) is 29.1 Å². The van der Waals surface area contributed by atoms with Gasteiger partial charge >= 0.3 is 12.1 Å². The number of hydrogen-bond donors (Lipinski definition) is 1. The Labute approximate surface area is 264 Å². The summed E-state index contributed by atoms with van der Waals surface area (Å²) < 4.78 is 37.8. The van der Waals surface area contributed by atoms with Crippen LogP contribution in [0, 0.1) is 0 Å². The fourth-order valence-corrected chi connectivity index (χ4v) is 5.95. The summed E-state index contributed by atoms with van der Waals surface area (Å²) in [6.07, 6.45) is -1.02. The van der Waals surface area contributed by atoms with Gasteiger partial charge in [-0.25, -0.2) is 13.2 Å². The van der Waals surface area contributed by atoms with E-state index in [4.69, 9.17) is 21.1 Å². The molecular formula is C33H39ClN2O7S. The second-order valence-corrected chi connectivity index (χ2v) is 13.8. The van der Waals surface area contributed by atoms with Crippen LogP contribution < -0.4 is 5.32 Å². The first-order chi connectivity index (χ1) is 20.6. The Morgan fingerprint density at radius 3 is 2.07 bits per heavy atom. The molecule has 236 valence electrons. The van der Waals surface area contributed by atoms with Gasteiger partial charge in [0.05, 0.1) is 16.3 Å². The summed E-state index contributed by atoms with van der Waals surface area (Å²) in [6, 6.07) is 18.7. The maximum Gasteiger partial charge on any atom is 0.410 e. The number of ether oxygens (including phenoxy) is 2. The molecule has 0 bridgehead atoms. The monoisotopic (exact) mass is 642 g/mol. The van der Waals surface area contributed by atoms with Crippen molar-refractivity contribution < 1.29 is 32.3 Å². The average molecular weight is 643 g/mol. The molecule has 0 unspecified atom stereocenters. The van der Waals surface area contributed by atoms with E-state index in [9.17, 15) is 22.8 Å². The van der Waals surface area contributed by atoms with E-state index in [1.54, 1.807) is 64.1 Å². The number of nitrogens with zero attached hydrogens (tertiary/aromatic N) is 1. The van der Waals surface area contributed by atoms with E-state index in [2.05, 4.69) is 5.32 Å². The van der Waals surface area contributed by atoms with Crippen LogP contribution in [0.5, 0.6) is 0 Å². The second kappa shape index (κ2) is 14.7. The lowest BCUT2D eigenvalue weighted by Crippen LogP contribution is -2.45. The first-order valence-electron chi connectivity index (χ1n) is 14.2. The van der Waals surface area contributed by atoms with Crippen LogP contribution in [0.1, 0.15) is 69.1 Å². The number of carbonyl (C=O) groups is 3. The van der Waals surface area contributed by atoms with Crippen molar-refractivity contribution >= 4 is 39.4 Å². The van der Waals surface area contributed by atoms with Crippen molar-refractivity contribution in [3.05, 3.63) is 94.5 Å². The predicted molar refractivity (Wildman–Crippen MR) is 168 cm³/mol. The molecule has 0 heterocycles. The van der Waals surface area contributed by atoms with E-state index in [1.165, 1.54) is 48.2 Å². The molecule has 44 heavy (non-hydrogen) atoms. The third kappa shape index (κ3) is 9.56. The molecule has 3 aromatic rings. The van der Waals surface area contributed by atoms with Crippen molar-refractivity contribution in [3.8, 4) is 0 Å². The molecule has 0 radical (unpaired) electrons. The Kier molecular flexibility index (Phi) is 11.6. The van der Waals surface area contributed by atoms with Gasteiger partial charge in [-0.15, -0.1) is 0 Å². The van der Waals surface area contributed by atoms with Crippen LogP contribution in [0.4, 0.5) is 4.79 Å². The molecule has 0 aliphatic heterocycles. The zero-order valence-electron chi connectivity index (χ0n) is 25.8. The topological polar surface area (TPSA) is 119 Å². The highest BCUT2D eigenvalue weighted by molar-refractivity contribution is 7.91. The molecule has 0 aliphatic carbocycles. The van der Waals surface area contributed by atoms with Crippen molar-refractivity contribution in [1.29, 1.82) is 0 Å². The Bertz CT molecular complexity index is 1570. The van der Waals surface area contributed by atoms with Crippen molar-refractivity contribution in [2.45, 2.75) is 75.5 Å². The maximum absolute atomic E-state index is 13.4. The van der Waals surface area contributed by atoms with E-state index in [-0.39, 0.29) is 22.2 Å². The predicted octanol–water partition coefficient (Wildman–Crippen LogP) is 6.40. The minimum Gasteiger partial charge on any atom is -0.456 e. The number of esters is 1. The van der Waals surface area contributed by atoms with Gasteiger partial charge < -0.3 is 19.7 Å². The van der Waals surface area contributed by atoms with Gasteiger partial charge in [-0.05, 0) is 101 Å². The lowest BCUT2D eigenvalue weighted by molar-refractivity contribution is -0.148. The molecule has 0 spiro atoms. The third-order valence-corrected chi connectivity index (χ3v) is 8.60. The number of carbonyl (C=O) groups excluding carboxylic acids is 3. The van der Waals surface area contributed by atoms with E-state index < -0.39 is 39.6 Å². The molecule has 2 amide bonds. The van der Waals surface area contributed by atoms with Crippen molar-refractivity contribution in [2.75, 3.05) is 13.1 Å². The van der Waals surface area contributed by atoms with E-state index in [1.807, 2.05) is 6.92 Å². The molecule has 0 saturated heterocycles. The first kappa shape index (κ1) is 34.6. The van der Waals surface area contributed by atoms with Crippen LogP contribution in [0.15, 0.2) is 82.6 Å². The second-order valence-electron chi connectivity index (χ2n) is 11.4. The van der Waals surface area contributed by atoms with Gasteiger partial charge in [0.25, 0.3) is 5.91 Å². The molecule has 9 nitrogen and oxygen atoms in total. The summed E-state index contributed by atoms with van der Waals surface area (Å²) in [7, 11) is -3.83. The van der Waals surface area contributed by atoms with Crippen LogP contribution in [0.2, 0.25) is 5.02 Å². The highest BCUT2D eigenvalue weighted by atomic mass is 35.5. The average Bonchev–Trinajstić information content (AvgIpc) is 2.94. The van der Waals surface area contributed by atoms with Gasteiger partial charge in [-0.2, -0.15) is 0 Å². The van der Waals surface area contributed by atoms with Crippen LogP contribution in [0.25, 0.3) is 0 Å². The normalized spacial score (nSPS) is 13.0. The fraction of sp³-hybridized carbons (Fsp3) is 0.364. The molecule has 0 aromatic heterocycles. The quantitative estimate of drug-likeness (QED) is 0.241. The summed E-state index contributed by atoms with van der Waals surface area (Å²) in [5.74, 6) is -0.787. The highest BCUT2D eigenvalue weighted by Gasteiger charge is 2.30. The number of sulfone groups is 1. The number of halogens is 1. The Balaban J connectivity index is 1.84. The number of nitrogens with one attached hydrogen (secondary N) is 1. The standard InChI is InChI=1S/C33H39ClN2O7S/c1-7-35-31(38)25-13-17-29(18-14-25)44(40,41)28-15-11-24(12-16-28)19-22(2)36(32(39)43-33(4,5)6)21-30(42-23(3)37)26-9-8-10-27(34)20-26/h8-18,20,22,30H,7,19,21H2,1-6H3,(H,35,38)/t22-,30-/m1/s1. The van der Waals surface area contributed by atoms with Gasteiger partial charge in [0.15, 0.2) is 0 Å². The van der Waals surface area contributed by atoms with E-state index >= 15 is 0 Å². The molecule has 11 heteroatoms. The highest BCUT2D eigenvalue weighted by Crippen LogP contribution is 2.26. The fourth-order valence-electron chi connectivity index (χ4n) is 4.49. The van der Waals surface area contributed by atoms with Crippen molar-refractivity contribution in [3.63, 3.8) is 0 Å². The van der Waals surface area contributed by atoms with E-state index in [0.717, 1.165) is 5.56 Å². The zero-order valence-corrected chi connectivity index (χ0v) is 27.4. The van der Waals surface area contributed by atoms with Crippen LogP contribution in [-0.4, -0.2) is 56.0 Å². The molecule has 2 atom stereocenters. The molecule has 3 rings (SSSR count). The smallest absolute Gasteiger partial charge is 0.410 e. The van der Waals surface area contributed by atoms with Gasteiger partial charge in [0, 0.05) is 30.1 Å². The van der Waals surface area contributed by atoms with Gasteiger partial charge in [-0.3, -0.25) is 9.59 Å². The third-order valence-electron chi connectivity index (χ3n) is 6.58. The first-order valence-corrected chi connectivity index (χ1v) is 16.1. The van der Waals surface area contributed by atoms with Crippen molar-refractivity contribution in [1.82, 2.24) is 10.2 Å². The van der Waals surface area contributed by atoms with Gasteiger partial charge in [0.1, 0.15) is 11.7 Å². The van der Waals surface area contributed by atoms with Gasteiger partial charge in [-0.1, -0.05) is 35.9 Å². The van der Waals surface area contributed by atoms with Crippen LogP contribution in [0.3, 0.4) is 0 Å². The van der Waals surface area contributed by atoms with Gasteiger partial charge in [0.2, 0.25) is 9.84 Å². The molecule has 0 saturated carbocycles. The zero-order chi connectivity index (χ0) is 32.7. The van der Waals surface area contributed by atoms with Crippen LogP contribution in [-0.2, 0) is 30.5 Å². The Morgan fingerprint density at radius 1 is 0.955 bits per heavy atom. The SMILES string of the molecule is CCNC(=O)c1ccc(S(=O)(=O)c2ccc(C[C@@H](C)N(C[C@@H](OC(C)=O)c3cccc(Cl)c3)C(=O)OC(C)(C)C)cc2)cc1. The summed E-state index contributed by atoms with van der Waals surface area (Å²) in [5.41, 5.74) is 1.01. The molecule has 1 N–H and O–H groups in total. The van der Waals surface area contributed by atoms with Crippen molar-refractivity contribution in [2.24, 2.45) is 0 Å². The number of rotatable bonds is 11. The Hall–Kier alpha value is -3.89. The number of benzene rings is 3.